The van der Waals surface area contributed by atoms with E-state index in [9.17, 15) is 19.6 Å². The second kappa shape index (κ2) is 11.9. The Balaban J connectivity index is 1.91. The van der Waals surface area contributed by atoms with Crippen LogP contribution in [0.4, 0.5) is 5.69 Å². The lowest BCUT2D eigenvalue weighted by Crippen LogP contribution is -2.31. The Morgan fingerprint density at radius 3 is 2.35 bits per heavy atom. The van der Waals surface area contributed by atoms with Crippen LogP contribution in [0.3, 0.4) is 0 Å². The molecule has 34 heavy (non-hydrogen) atoms. The van der Waals surface area contributed by atoms with Crippen molar-refractivity contribution >= 4 is 35.1 Å². The molecule has 2 aromatic carbocycles. The Labute approximate surface area is 202 Å². The monoisotopic (exact) mass is 475 g/mol. The van der Waals surface area contributed by atoms with Crippen molar-refractivity contribution in [2.75, 3.05) is 17.7 Å². The Kier molecular flexibility index (Phi) is 8.66. The minimum atomic E-state index is -0.612. The van der Waals surface area contributed by atoms with E-state index < -0.39 is 11.9 Å². The number of allylic oxidation sites excluding steroid dienone is 2. The van der Waals surface area contributed by atoms with Gasteiger partial charge in [0.25, 0.3) is 5.91 Å². The average Bonchev–Trinajstić information content (AvgIpc) is 2.83. The molecule has 0 aromatic heterocycles. The topological polar surface area (TPSA) is 108 Å². The van der Waals surface area contributed by atoms with Gasteiger partial charge in [-0.3, -0.25) is 14.4 Å². The molecule has 0 radical (unpaired) electrons. The molecule has 1 aliphatic rings. The average molecular weight is 476 g/mol. The van der Waals surface area contributed by atoms with Crippen LogP contribution in [0.15, 0.2) is 82.5 Å². The zero-order valence-electron chi connectivity index (χ0n) is 19.0. The van der Waals surface area contributed by atoms with Gasteiger partial charge in [0.05, 0.1) is 34.9 Å². The highest BCUT2D eigenvalue weighted by Crippen LogP contribution is 2.40. The number of Topliss-reactive ketones (excluding diaryl/α,β-unsaturated/α-hetero) is 1. The number of carbonyl (C=O) groups excluding carboxylic acids is 3. The third kappa shape index (κ3) is 6.15. The number of amides is 1. The molecule has 2 N–H and O–H groups in total. The summed E-state index contributed by atoms with van der Waals surface area (Å²) in [5.74, 6) is -1.82. The minimum absolute atomic E-state index is 0.00728. The Bertz CT molecular complexity index is 1170. The van der Waals surface area contributed by atoms with Gasteiger partial charge < -0.3 is 15.4 Å². The summed E-state index contributed by atoms with van der Waals surface area (Å²) in [4.78, 5) is 37.2. The van der Waals surface area contributed by atoms with Gasteiger partial charge in [0.2, 0.25) is 0 Å². The number of thioether (sulfide) groups is 1. The summed E-state index contributed by atoms with van der Waals surface area (Å²) in [6.07, 6.45) is -0.322. The fourth-order valence-corrected chi connectivity index (χ4v) is 4.55. The highest BCUT2D eigenvalue weighted by atomic mass is 32.2. The minimum Gasteiger partial charge on any atom is -0.466 e. The maximum atomic E-state index is 13.3. The third-order valence-corrected chi connectivity index (χ3v) is 6.16. The van der Waals surface area contributed by atoms with Crippen LogP contribution >= 0.6 is 11.8 Å². The molecule has 174 valence electrons. The molecule has 1 heterocycles. The molecule has 3 rings (SSSR count). The maximum absolute atomic E-state index is 13.3. The summed E-state index contributed by atoms with van der Waals surface area (Å²) in [7, 11) is 0. The lowest BCUT2D eigenvalue weighted by atomic mass is 9.82. The van der Waals surface area contributed by atoms with E-state index in [4.69, 9.17) is 4.74 Å². The van der Waals surface area contributed by atoms with Crippen LogP contribution in [0, 0.1) is 11.3 Å². The van der Waals surface area contributed by atoms with Crippen molar-refractivity contribution in [2.45, 2.75) is 26.2 Å². The van der Waals surface area contributed by atoms with Gasteiger partial charge in [-0.15, -0.1) is 0 Å². The molecule has 1 amide bonds. The summed E-state index contributed by atoms with van der Waals surface area (Å²) in [5, 5.41) is 16.6. The van der Waals surface area contributed by atoms with Gasteiger partial charge in [0.15, 0.2) is 5.78 Å². The molecule has 8 heteroatoms. The number of nitrogens with zero attached hydrogens (tertiary/aromatic N) is 1. The zero-order chi connectivity index (χ0) is 24.5. The predicted octanol–water partition coefficient (Wildman–Crippen LogP) is 4.28. The van der Waals surface area contributed by atoms with Crippen molar-refractivity contribution in [3.05, 3.63) is 88.1 Å². The van der Waals surface area contributed by atoms with Gasteiger partial charge in [0.1, 0.15) is 6.42 Å². The van der Waals surface area contributed by atoms with Crippen LogP contribution in [-0.4, -0.2) is 30.0 Å². The number of esters is 1. The number of nitriles is 1. The van der Waals surface area contributed by atoms with Crippen LogP contribution in [0.1, 0.15) is 31.7 Å². The number of anilines is 1. The number of ketones is 1. The summed E-state index contributed by atoms with van der Waals surface area (Å²) < 4.78 is 4.83. The fraction of sp³-hybridized carbons (Fsp3) is 0.231. The van der Waals surface area contributed by atoms with Crippen LogP contribution < -0.4 is 10.6 Å². The van der Waals surface area contributed by atoms with Crippen molar-refractivity contribution in [3.63, 3.8) is 0 Å². The first-order valence-corrected chi connectivity index (χ1v) is 11.8. The molecule has 7 nitrogen and oxygen atoms in total. The number of rotatable bonds is 9. The van der Waals surface area contributed by atoms with Crippen molar-refractivity contribution < 1.29 is 19.1 Å². The van der Waals surface area contributed by atoms with E-state index in [1.54, 1.807) is 26.0 Å². The molecule has 0 saturated heterocycles. The SMILES string of the molecule is CCOC(=O)CC(=O)CSC1=C(C#N)C(c2ccccc2)C(C(=O)Nc2ccccc2)=C(C)N1. The first kappa shape index (κ1) is 24.8. The zero-order valence-corrected chi connectivity index (χ0v) is 19.8. The summed E-state index contributed by atoms with van der Waals surface area (Å²) in [6.45, 7) is 3.66. The molecule has 2 aromatic rings. The van der Waals surface area contributed by atoms with Gasteiger partial charge in [-0.05, 0) is 31.5 Å². The van der Waals surface area contributed by atoms with Crippen LogP contribution in [0.2, 0.25) is 0 Å². The molecule has 0 saturated carbocycles. The molecular formula is C26H25N3O4S. The van der Waals surface area contributed by atoms with Gasteiger partial charge in [0, 0.05) is 17.0 Å². The quantitative estimate of drug-likeness (QED) is 0.412. The molecule has 1 unspecified atom stereocenters. The lowest BCUT2D eigenvalue weighted by molar-refractivity contribution is -0.145. The van der Waals surface area contributed by atoms with E-state index >= 15 is 0 Å². The van der Waals surface area contributed by atoms with E-state index in [0.29, 0.717) is 27.6 Å². The van der Waals surface area contributed by atoms with Gasteiger partial charge in [-0.1, -0.05) is 60.3 Å². The Hall–Kier alpha value is -3.83. The Morgan fingerprint density at radius 1 is 1.09 bits per heavy atom. The van der Waals surface area contributed by atoms with Crippen LogP contribution in [0.5, 0.6) is 0 Å². The number of hydrogen-bond acceptors (Lipinski definition) is 7. The fourth-order valence-electron chi connectivity index (χ4n) is 3.60. The number of hydrogen-bond donors (Lipinski definition) is 2. The van der Waals surface area contributed by atoms with Gasteiger partial charge >= 0.3 is 5.97 Å². The van der Waals surface area contributed by atoms with E-state index in [-0.39, 0.29) is 30.5 Å². The number of benzene rings is 2. The van der Waals surface area contributed by atoms with Crippen molar-refractivity contribution in [3.8, 4) is 6.07 Å². The third-order valence-electron chi connectivity index (χ3n) is 5.08. The van der Waals surface area contributed by atoms with Crippen molar-refractivity contribution in [2.24, 2.45) is 0 Å². The molecule has 1 aliphatic heterocycles. The standard InChI is InChI=1S/C26H25N3O4S/c1-3-33-22(31)14-20(30)16-34-26-21(15-27)24(18-10-6-4-7-11-18)23(17(2)28-26)25(32)29-19-12-8-5-9-13-19/h4-13,24,28H,3,14,16H2,1-2H3,(H,29,32). The molecular weight excluding hydrogens is 450 g/mol. The number of ether oxygens (including phenoxy) is 1. The number of carbonyl (C=O) groups is 3. The second-order valence-electron chi connectivity index (χ2n) is 7.49. The van der Waals surface area contributed by atoms with Gasteiger partial charge in [-0.25, -0.2) is 0 Å². The van der Waals surface area contributed by atoms with Crippen LogP contribution in [-0.2, 0) is 19.1 Å². The first-order chi connectivity index (χ1) is 16.4. The van der Waals surface area contributed by atoms with Crippen LogP contribution in [0.25, 0.3) is 0 Å². The predicted molar refractivity (Wildman–Crippen MR) is 131 cm³/mol. The second-order valence-corrected chi connectivity index (χ2v) is 8.48. The molecule has 0 fully saturated rings. The maximum Gasteiger partial charge on any atom is 0.313 e. The molecule has 0 bridgehead atoms. The molecule has 1 atom stereocenters. The van der Waals surface area contributed by atoms with E-state index in [2.05, 4.69) is 16.7 Å². The highest BCUT2D eigenvalue weighted by molar-refractivity contribution is 8.03. The van der Waals surface area contributed by atoms with Gasteiger partial charge in [-0.2, -0.15) is 5.26 Å². The summed E-state index contributed by atoms with van der Waals surface area (Å²) in [6, 6.07) is 20.6. The number of dihydropyridines is 1. The van der Waals surface area contributed by atoms with Crippen molar-refractivity contribution in [1.29, 1.82) is 5.26 Å². The van der Waals surface area contributed by atoms with E-state index in [1.165, 1.54) is 0 Å². The smallest absolute Gasteiger partial charge is 0.313 e. The normalized spacial score (nSPS) is 15.3. The van der Waals surface area contributed by atoms with Crippen molar-refractivity contribution in [1.82, 2.24) is 5.32 Å². The number of nitrogens with one attached hydrogen (secondary N) is 2. The summed E-state index contributed by atoms with van der Waals surface area (Å²) in [5.41, 5.74) is 2.78. The highest BCUT2D eigenvalue weighted by Gasteiger charge is 2.34. The number of para-hydroxylation sites is 1. The van der Waals surface area contributed by atoms with E-state index in [1.807, 2.05) is 48.5 Å². The molecule has 0 aliphatic carbocycles. The molecule has 0 spiro atoms. The first-order valence-electron chi connectivity index (χ1n) is 10.8. The largest absolute Gasteiger partial charge is 0.466 e. The summed E-state index contributed by atoms with van der Waals surface area (Å²) >= 11 is 1.14. The Morgan fingerprint density at radius 2 is 1.74 bits per heavy atom. The lowest BCUT2D eigenvalue weighted by Gasteiger charge is -2.29. The van der Waals surface area contributed by atoms with E-state index in [0.717, 1.165) is 17.3 Å².